The van der Waals surface area contributed by atoms with Crippen molar-refractivity contribution in [1.29, 1.82) is 0 Å². The summed E-state index contributed by atoms with van der Waals surface area (Å²) < 4.78 is 0. The van der Waals surface area contributed by atoms with Crippen molar-refractivity contribution in [2.45, 2.75) is 65.8 Å². The minimum Gasteiger partial charge on any atom is -0.370 e. The van der Waals surface area contributed by atoms with E-state index in [4.69, 9.17) is 4.98 Å². The number of hydrogen-bond acceptors (Lipinski definition) is 4. The van der Waals surface area contributed by atoms with Crippen LogP contribution in [0, 0.1) is 13.8 Å². The maximum absolute atomic E-state index is 4.74. The first kappa shape index (κ1) is 15.1. The molecular weight excluding hydrogens is 248 g/mol. The number of hydrogen-bond donors (Lipinski definition) is 1. The van der Waals surface area contributed by atoms with Gasteiger partial charge in [0.15, 0.2) is 0 Å². The summed E-state index contributed by atoms with van der Waals surface area (Å²) in [6, 6.07) is 0.635. The first-order chi connectivity index (χ1) is 9.67. The van der Waals surface area contributed by atoms with Crippen molar-refractivity contribution in [3.8, 4) is 0 Å². The fraction of sp³-hybridized carbons (Fsp3) is 0.750. The van der Waals surface area contributed by atoms with Crippen molar-refractivity contribution in [2.75, 3.05) is 23.3 Å². The van der Waals surface area contributed by atoms with Crippen LogP contribution in [0.4, 0.5) is 11.6 Å². The molecule has 2 rings (SSSR count). The Morgan fingerprint density at radius 3 is 2.70 bits per heavy atom. The van der Waals surface area contributed by atoms with Gasteiger partial charge in [0.25, 0.3) is 0 Å². The van der Waals surface area contributed by atoms with Crippen LogP contribution >= 0.6 is 0 Å². The highest BCUT2D eigenvalue weighted by Gasteiger charge is 2.24. The molecule has 1 N–H and O–H groups in total. The van der Waals surface area contributed by atoms with Crippen LogP contribution in [0.25, 0.3) is 0 Å². The molecule has 1 atom stereocenters. The van der Waals surface area contributed by atoms with E-state index in [9.17, 15) is 0 Å². The van der Waals surface area contributed by atoms with Gasteiger partial charge in [0.1, 0.15) is 17.5 Å². The number of rotatable bonds is 5. The zero-order valence-corrected chi connectivity index (χ0v) is 13.4. The van der Waals surface area contributed by atoms with Crippen molar-refractivity contribution in [3.05, 3.63) is 11.4 Å². The first-order valence-electron chi connectivity index (χ1n) is 8.03. The minimum atomic E-state index is 0.635. The molecule has 0 aromatic carbocycles. The second-order valence-electron chi connectivity index (χ2n) is 5.75. The quantitative estimate of drug-likeness (QED) is 0.890. The van der Waals surface area contributed by atoms with Crippen LogP contribution in [0.15, 0.2) is 0 Å². The number of nitrogens with one attached hydrogen (secondary N) is 1. The predicted octanol–water partition coefficient (Wildman–Crippen LogP) is 3.68. The molecule has 1 aromatic heterocycles. The van der Waals surface area contributed by atoms with Gasteiger partial charge in [-0.05, 0) is 46.0 Å². The summed E-state index contributed by atoms with van der Waals surface area (Å²) in [5, 5.41) is 3.44. The normalized spacial score (nSPS) is 19.2. The molecule has 0 amide bonds. The average molecular weight is 276 g/mol. The van der Waals surface area contributed by atoms with E-state index in [1.165, 1.54) is 31.2 Å². The molecule has 1 aliphatic rings. The average Bonchev–Trinajstić information content (AvgIpc) is 2.47. The van der Waals surface area contributed by atoms with Crippen molar-refractivity contribution in [3.63, 3.8) is 0 Å². The lowest BCUT2D eigenvalue weighted by molar-refractivity contribution is 0.445. The van der Waals surface area contributed by atoms with E-state index in [1.807, 2.05) is 6.92 Å². The highest BCUT2D eigenvalue weighted by Crippen LogP contribution is 2.30. The van der Waals surface area contributed by atoms with Gasteiger partial charge in [-0.15, -0.1) is 0 Å². The molecule has 0 spiro atoms. The summed E-state index contributed by atoms with van der Waals surface area (Å²) in [4.78, 5) is 11.8. The minimum absolute atomic E-state index is 0.635. The predicted molar refractivity (Wildman–Crippen MR) is 85.6 cm³/mol. The third-order valence-electron chi connectivity index (χ3n) is 4.14. The molecule has 2 heterocycles. The fourth-order valence-corrected chi connectivity index (χ4v) is 3.01. The van der Waals surface area contributed by atoms with E-state index < -0.39 is 0 Å². The zero-order valence-electron chi connectivity index (χ0n) is 13.4. The van der Waals surface area contributed by atoms with E-state index in [2.05, 4.69) is 36.0 Å². The SMILES string of the molecule is CCCNc1nc(C)nc(N2CCCCC2CC)c1C. The molecule has 0 radical (unpaired) electrons. The number of aryl methyl sites for hydroxylation is 1. The van der Waals surface area contributed by atoms with Gasteiger partial charge in [-0.3, -0.25) is 0 Å². The van der Waals surface area contributed by atoms with Gasteiger partial charge >= 0.3 is 0 Å². The molecule has 20 heavy (non-hydrogen) atoms. The van der Waals surface area contributed by atoms with Gasteiger partial charge in [0, 0.05) is 24.7 Å². The molecule has 1 fully saturated rings. The van der Waals surface area contributed by atoms with E-state index in [1.54, 1.807) is 0 Å². The Hall–Kier alpha value is -1.32. The van der Waals surface area contributed by atoms with Gasteiger partial charge < -0.3 is 10.2 Å². The molecule has 112 valence electrons. The third kappa shape index (κ3) is 3.22. The van der Waals surface area contributed by atoms with Crippen LogP contribution < -0.4 is 10.2 Å². The fourth-order valence-electron chi connectivity index (χ4n) is 3.01. The second-order valence-corrected chi connectivity index (χ2v) is 5.75. The van der Waals surface area contributed by atoms with Crippen LogP contribution in [0.2, 0.25) is 0 Å². The van der Waals surface area contributed by atoms with Crippen LogP contribution in [-0.2, 0) is 0 Å². The summed E-state index contributed by atoms with van der Waals surface area (Å²) >= 11 is 0. The van der Waals surface area contributed by atoms with E-state index in [-0.39, 0.29) is 0 Å². The molecular formula is C16H28N4. The highest BCUT2D eigenvalue weighted by atomic mass is 15.2. The molecule has 4 nitrogen and oxygen atoms in total. The molecule has 1 aliphatic heterocycles. The van der Waals surface area contributed by atoms with Crippen molar-refractivity contribution in [1.82, 2.24) is 9.97 Å². The summed E-state index contributed by atoms with van der Waals surface area (Å²) in [5.41, 5.74) is 1.20. The smallest absolute Gasteiger partial charge is 0.137 e. The van der Waals surface area contributed by atoms with Crippen LogP contribution in [-0.4, -0.2) is 29.1 Å². The van der Waals surface area contributed by atoms with Crippen LogP contribution in [0.1, 0.15) is 57.3 Å². The summed E-state index contributed by atoms with van der Waals surface area (Å²) in [6.07, 6.45) is 6.21. The van der Waals surface area contributed by atoms with Gasteiger partial charge in [-0.25, -0.2) is 9.97 Å². The Labute approximate surface area is 123 Å². The topological polar surface area (TPSA) is 41.1 Å². The molecule has 1 unspecified atom stereocenters. The van der Waals surface area contributed by atoms with E-state index in [0.29, 0.717) is 6.04 Å². The van der Waals surface area contributed by atoms with Crippen LogP contribution in [0.3, 0.4) is 0 Å². The molecule has 0 aliphatic carbocycles. The lowest BCUT2D eigenvalue weighted by Crippen LogP contribution is -2.40. The molecule has 0 bridgehead atoms. The van der Waals surface area contributed by atoms with Gasteiger partial charge in [-0.2, -0.15) is 0 Å². The summed E-state index contributed by atoms with van der Waals surface area (Å²) in [6.45, 7) is 10.7. The summed E-state index contributed by atoms with van der Waals surface area (Å²) in [5.74, 6) is 3.02. The maximum Gasteiger partial charge on any atom is 0.137 e. The maximum atomic E-state index is 4.74. The van der Waals surface area contributed by atoms with Crippen molar-refractivity contribution in [2.24, 2.45) is 0 Å². The number of anilines is 2. The number of aromatic nitrogens is 2. The monoisotopic (exact) mass is 276 g/mol. The Morgan fingerprint density at radius 1 is 1.20 bits per heavy atom. The third-order valence-corrected chi connectivity index (χ3v) is 4.14. The lowest BCUT2D eigenvalue weighted by atomic mass is 9.99. The summed E-state index contributed by atoms with van der Waals surface area (Å²) in [7, 11) is 0. The first-order valence-corrected chi connectivity index (χ1v) is 8.03. The Balaban J connectivity index is 2.31. The number of piperidine rings is 1. The van der Waals surface area contributed by atoms with Gasteiger partial charge in [0.2, 0.25) is 0 Å². The number of nitrogens with zero attached hydrogens (tertiary/aromatic N) is 3. The van der Waals surface area contributed by atoms with E-state index >= 15 is 0 Å². The standard InChI is InChI=1S/C16H28N4/c1-5-10-17-15-12(3)16(19-13(4)18-15)20-11-8-7-9-14(20)6-2/h14H,5-11H2,1-4H3,(H,17,18,19). The van der Waals surface area contributed by atoms with Crippen LogP contribution in [0.5, 0.6) is 0 Å². The zero-order chi connectivity index (χ0) is 14.5. The van der Waals surface area contributed by atoms with Crippen molar-refractivity contribution < 1.29 is 0 Å². The van der Waals surface area contributed by atoms with E-state index in [0.717, 1.165) is 37.0 Å². The Morgan fingerprint density at radius 2 is 2.00 bits per heavy atom. The molecule has 4 heteroatoms. The lowest BCUT2D eigenvalue weighted by Gasteiger charge is -2.37. The molecule has 1 aromatic rings. The molecule has 1 saturated heterocycles. The highest BCUT2D eigenvalue weighted by molar-refractivity contribution is 5.59. The van der Waals surface area contributed by atoms with Gasteiger partial charge in [-0.1, -0.05) is 13.8 Å². The molecule has 0 saturated carbocycles. The Kier molecular flexibility index (Phi) is 5.21. The second kappa shape index (κ2) is 6.91. The van der Waals surface area contributed by atoms with Crippen molar-refractivity contribution >= 4 is 11.6 Å². The Bertz CT molecular complexity index is 444. The largest absolute Gasteiger partial charge is 0.370 e. The van der Waals surface area contributed by atoms with Gasteiger partial charge in [0.05, 0.1) is 0 Å².